The fourth-order valence-electron chi connectivity index (χ4n) is 3.60. The first kappa shape index (κ1) is 21.3. The second-order valence-electron chi connectivity index (χ2n) is 7.28. The summed E-state index contributed by atoms with van der Waals surface area (Å²) < 4.78 is 1.52. The Balaban J connectivity index is 1.94. The minimum Gasteiger partial charge on any atom is -0.478 e. The quantitative estimate of drug-likeness (QED) is 0.394. The van der Waals surface area contributed by atoms with Crippen molar-refractivity contribution in [3.8, 4) is 11.1 Å². The van der Waals surface area contributed by atoms with Crippen molar-refractivity contribution in [3.63, 3.8) is 0 Å². The van der Waals surface area contributed by atoms with Gasteiger partial charge in [-0.15, -0.1) is 0 Å². The second kappa shape index (κ2) is 9.50. The molecule has 0 radical (unpaired) electrons. The molecule has 0 amide bonds. The number of hydrogen-bond acceptors (Lipinski definition) is 2. The number of benzene rings is 3. The van der Waals surface area contributed by atoms with Crippen LogP contribution in [0.5, 0.6) is 0 Å². The van der Waals surface area contributed by atoms with E-state index in [9.17, 15) is 14.7 Å². The third kappa shape index (κ3) is 4.56. The lowest BCUT2D eigenvalue weighted by atomic mass is 9.96. The maximum absolute atomic E-state index is 13.6. The summed E-state index contributed by atoms with van der Waals surface area (Å²) >= 11 is 6.66. The molecule has 5 heteroatoms. The second-order valence-corrected chi connectivity index (χ2v) is 7.69. The van der Waals surface area contributed by atoms with Gasteiger partial charge >= 0.3 is 5.97 Å². The molecule has 0 aliphatic heterocycles. The van der Waals surface area contributed by atoms with Gasteiger partial charge in [0.25, 0.3) is 5.56 Å². The van der Waals surface area contributed by atoms with Crippen LogP contribution in [-0.2, 0) is 6.54 Å². The van der Waals surface area contributed by atoms with Crippen LogP contribution in [0, 0.1) is 0 Å². The Morgan fingerprint density at radius 1 is 0.875 bits per heavy atom. The van der Waals surface area contributed by atoms with Gasteiger partial charge in [-0.1, -0.05) is 103 Å². The maximum atomic E-state index is 13.6. The molecule has 1 aromatic heterocycles. The van der Waals surface area contributed by atoms with E-state index in [4.69, 9.17) is 11.6 Å². The number of rotatable bonds is 6. The van der Waals surface area contributed by atoms with E-state index in [1.54, 1.807) is 30.5 Å². The molecule has 0 saturated carbocycles. The Labute approximate surface area is 190 Å². The summed E-state index contributed by atoms with van der Waals surface area (Å²) in [5.41, 5.74) is 2.71. The molecule has 4 nitrogen and oxygen atoms in total. The SMILES string of the molecule is O=C(O)c1ccccc1-c1c(C=Cc2ccccc2)c(Cl)cn(Cc2ccccc2)c1=O. The van der Waals surface area contributed by atoms with Crippen LogP contribution in [-0.4, -0.2) is 15.6 Å². The van der Waals surface area contributed by atoms with Crippen molar-refractivity contribution in [2.45, 2.75) is 6.54 Å². The van der Waals surface area contributed by atoms with E-state index in [0.717, 1.165) is 11.1 Å². The van der Waals surface area contributed by atoms with Gasteiger partial charge in [0.05, 0.1) is 22.7 Å². The number of nitrogens with zero attached hydrogens (tertiary/aromatic N) is 1. The summed E-state index contributed by atoms with van der Waals surface area (Å²) in [5, 5.41) is 10.1. The zero-order valence-corrected chi connectivity index (χ0v) is 17.9. The van der Waals surface area contributed by atoms with Gasteiger partial charge in [-0.05, 0) is 17.2 Å². The van der Waals surface area contributed by atoms with E-state index in [-0.39, 0.29) is 16.7 Å². The molecule has 4 aromatic rings. The van der Waals surface area contributed by atoms with Crippen LogP contribution >= 0.6 is 11.6 Å². The standard InChI is InChI=1S/C27H20ClNO3/c28-24-18-29(17-20-11-5-2-6-12-20)26(30)25(21-13-7-8-14-22(21)27(31)32)23(24)16-15-19-9-3-1-4-10-19/h1-16,18H,17H2,(H,31,32). The maximum Gasteiger partial charge on any atom is 0.336 e. The van der Waals surface area contributed by atoms with Gasteiger partial charge in [-0.3, -0.25) is 4.79 Å². The van der Waals surface area contributed by atoms with E-state index in [2.05, 4.69) is 0 Å². The van der Waals surface area contributed by atoms with Crippen molar-refractivity contribution in [1.29, 1.82) is 0 Å². The molecule has 0 spiro atoms. The highest BCUT2D eigenvalue weighted by Gasteiger charge is 2.20. The fraction of sp³-hybridized carbons (Fsp3) is 0.0370. The molecule has 3 aromatic carbocycles. The number of carboxylic acids is 1. The Morgan fingerprint density at radius 3 is 2.19 bits per heavy atom. The third-order valence-corrected chi connectivity index (χ3v) is 5.44. The molecule has 4 rings (SSSR count). The van der Waals surface area contributed by atoms with Crippen LogP contribution in [0.3, 0.4) is 0 Å². The van der Waals surface area contributed by atoms with Crippen LogP contribution in [0.2, 0.25) is 5.02 Å². The van der Waals surface area contributed by atoms with Crippen molar-refractivity contribution in [3.05, 3.63) is 129 Å². The highest BCUT2D eigenvalue weighted by molar-refractivity contribution is 6.32. The molecular formula is C27H20ClNO3. The van der Waals surface area contributed by atoms with Crippen molar-refractivity contribution in [2.75, 3.05) is 0 Å². The Morgan fingerprint density at radius 2 is 1.50 bits per heavy atom. The van der Waals surface area contributed by atoms with Crippen LogP contribution in [0.15, 0.2) is 95.9 Å². The van der Waals surface area contributed by atoms with Crippen molar-refractivity contribution in [1.82, 2.24) is 4.57 Å². The van der Waals surface area contributed by atoms with Crippen molar-refractivity contribution < 1.29 is 9.90 Å². The number of carboxylic acid groups (broad SMARTS) is 1. The predicted molar refractivity (Wildman–Crippen MR) is 129 cm³/mol. The molecule has 0 aliphatic rings. The lowest BCUT2D eigenvalue weighted by Crippen LogP contribution is -2.24. The average Bonchev–Trinajstić information content (AvgIpc) is 2.81. The lowest BCUT2D eigenvalue weighted by molar-refractivity contribution is 0.0697. The molecule has 158 valence electrons. The smallest absolute Gasteiger partial charge is 0.336 e. The molecule has 0 atom stereocenters. The van der Waals surface area contributed by atoms with Gasteiger partial charge < -0.3 is 9.67 Å². The minimum absolute atomic E-state index is 0.0486. The zero-order valence-electron chi connectivity index (χ0n) is 17.1. The highest BCUT2D eigenvalue weighted by atomic mass is 35.5. The van der Waals surface area contributed by atoms with E-state index >= 15 is 0 Å². The molecule has 1 N–H and O–H groups in total. The molecule has 32 heavy (non-hydrogen) atoms. The van der Waals surface area contributed by atoms with Crippen molar-refractivity contribution in [2.24, 2.45) is 0 Å². The van der Waals surface area contributed by atoms with Gasteiger partial charge in [0, 0.05) is 17.3 Å². The van der Waals surface area contributed by atoms with Crippen LogP contribution in [0.25, 0.3) is 23.3 Å². The monoisotopic (exact) mass is 441 g/mol. The normalized spacial score (nSPS) is 11.0. The van der Waals surface area contributed by atoms with Gasteiger partial charge in [0.2, 0.25) is 0 Å². The molecule has 0 fully saturated rings. The van der Waals surface area contributed by atoms with Crippen LogP contribution in [0.1, 0.15) is 27.0 Å². The lowest BCUT2D eigenvalue weighted by Gasteiger charge is -2.15. The molecule has 0 saturated heterocycles. The molecule has 1 heterocycles. The number of pyridine rings is 1. The van der Waals surface area contributed by atoms with E-state index in [1.807, 2.05) is 66.7 Å². The van der Waals surface area contributed by atoms with Gasteiger partial charge in [0.1, 0.15) is 0 Å². The minimum atomic E-state index is -1.10. The number of aromatic nitrogens is 1. The summed E-state index contributed by atoms with van der Waals surface area (Å²) in [7, 11) is 0. The number of aromatic carboxylic acids is 1. The first-order valence-electron chi connectivity index (χ1n) is 10.1. The first-order chi connectivity index (χ1) is 15.5. The summed E-state index contributed by atoms with van der Waals surface area (Å²) in [6.45, 7) is 0.324. The average molecular weight is 442 g/mol. The fourth-order valence-corrected chi connectivity index (χ4v) is 3.87. The third-order valence-electron chi connectivity index (χ3n) is 5.14. The summed E-state index contributed by atoms with van der Waals surface area (Å²) in [5.74, 6) is -1.10. The van der Waals surface area contributed by atoms with Gasteiger partial charge in [-0.25, -0.2) is 4.79 Å². The predicted octanol–water partition coefficient (Wildman–Crippen LogP) is 6.09. The first-order valence-corrected chi connectivity index (χ1v) is 10.4. The number of carbonyl (C=O) groups is 1. The Bertz CT molecular complexity index is 1340. The topological polar surface area (TPSA) is 59.3 Å². The van der Waals surface area contributed by atoms with Crippen molar-refractivity contribution >= 4 is 29.7 Å². The summed E-state index contributed by atoms with van der Waals surface area (Å²) in [6.07, 6.45) is 5.23. The van der Waals surface area contributed by atoms with Crippen LogP contribution < -0.4 is 5.56 Å². The summed E-state index contributed by atoms with van der Waals surface area (Å²) in [6, 6.07) is 25.7. The zero-order chi connectivity index (χ0) is 22.5. The Hall–Kier alpha value is -3.89. The van der Waals surface area contributed by atoms with Gasteiger partial charge in [-0.2, -0.15) is 0 Å². The number of halogens is 1. The molecule has 0 aliphatic carbocycles. The molecular weight excluding hydrogens is 422 g/mol. The highest BCUT2D eigenvalue weighted by Crippen LogP contribution is 2.30. The number of hydrogen-bond donors (Lipinski definition) is 1. The molecule has 0 unspecified atom stereocenters. The van der Waals surface area contributed by atoms with E-state index < -0.39 is 5.97 Å². The van der Waals surface area contributed by atoms with E-state index in [1.165, 1.54) is 10.6 Å². The molecule has 0 bridgehead atoms. The van der Waals surface area contributed by atoms with Crippen LogP contribution in [0.4, 0.5) is 0 Å². The van der Waals surface area contributed by atoms with Gasteiger partial charge in [0.15, 0.2) is 0 Å². The van der Waals surface area contributed by atoms with E-state index in [0.29, 0.717) is 22.7 Å². The Kier molecular flexibility index (Phi) is 6.34. The summed E-state index contributed by atoms with van der Waals surface area (Å²) in [4.78, 5) is 25.5. The largest absolute Gasteiger partial charge is 0.478 e.